The average Bonchev–Trinajstić information content (AvgIpc) is 3.07. The van der Waals surface area contributed by atoms with Gasteiger partial charge in [-0.3, -0.25) is 4.40 Å². The molecule has 0 radical (unpaired) electrons. The van der Waals surface area contributed by atoms with Gasteiger partial charge in [0.25, 0.3) is 0 Å². The van der Waals surface area contributed by atoms with E-state index in [0.29, 0.717) is 13.2 Å². The van der Waals surface area contributed by atoms with Crippen LogP contribution in [-0.2, 0) is 0 Å². The Morgan fingerprint density at radius 2 is 1.59 bits per heavy atom. The highest BCUT2D eigenvalue weighted by molar-refractivity contribution is 5.83. The largest absolute Gasteiger partial charge is 0.486 e. The first kappa shape index (κ1) is 17.6. The summed E-state index contributed by atoms with van der Waals surface area (Å²) in [5.41, 5.74) is 7.54. The first-order valence-corrected chi connectivity index (χ1v) is 9.83. The fraction of sp³-hybridized carbons (Fsp3) is 0.208. The molecule has 0 fully saturated rings. The summed E-state index contributed by atoms with van der Waals surface area (Å²) in [6, 6.07) is 16.4. The maximum atomic E-state index is 5.76. The van der Waals surface area contributed by atoms with Crippen LogP contribution in [0.5, 0.6) is 11.5 Å². The van der Waals surface area contributed by atoms with Crippen molar-refractivity contribution < 1.29 is 9.47 Å². The van der Waals surface area contributed by atoms with E-state index in [1.807, 2.05) is 30.5 Å². The molecule has 2 aromatic heterocycles. The number of hydrogen-bond acceptors (Lipinski definition) is 4. The molecule has 0 aliphatic carbocycles. The predicted octanol–water partition coefficient (Wildman–Crippen LogP) is 5.44. The molecular formula is C24H23N3O2. The molecule has 2 aromatic carbocycles. The SMILES string of the molecule is Cc1cccc(C)c1-c1nc2c(C)cccn2c1Nc1ccc2c(c1)OCCO2. The lowest BCUT2D eigenvalue weighted by atomic mass is 10.00. The summed E-state index contributed by atoms with van der Waals surface area (Å²) in [6.07, 6.45) is 2.05. The van der Waals surface area contributed by atoms with Gasteiger partial charge in [0.2, 0.25) is 0 Å². The zero-order chi connectivity index (χ0) is 20.0. The van der Waals surface area contributed by atoms with Crippen molar-refractivity contribution in [3.05, 3.63) is 71.4 Å². The lowest BCUT2D eigenvalue weighted by Gasteiger charge is -2.19. The first-order chi connectivity index (χ1) is 14.1. The molecule has 4 aromatic rings. The van der Waals surface area contributed by atoms with E-state index in [9.17, 15) is 0 Å². The van der Waals surface area contributed by atoms with Gasteiger partial charge in [-0.2, -0.15) is 0 Å². The summed E-state index contributed by atoms with van der Waals surface area (Å²) in [7, 11) is 0. The molecule has 0 amide bonds. The van der Waals surface area contributed by atoms with E-state index in [4.69, 9.17) is 14.5 Å². The van der Waals surface area contributed by atoms with Crippen molar-refractivity contribution in [1.82, 2.24) is 9.38 Å². The Balaban J connectivity index is 1.69. The highest BCUT2D eigenvalue weighted by Gasteiger charge is 2.19. The lowest BCUT2D eigenvalue weighted by Crippen LogP contribution is -2.15. The number of ether oxygens (including phenoxy) is 2. The molecule has 3 heterocycles. The number of aryl methyl sites for hydroxylation is 3. The van der Waals surface area contributed by atoms with E-state index in [2.05, 4.69) is 54.8 Å². The molecule has 29 heavy (non-hydrogen) atoms. The van der Waals surface area contributed by atoms with Gasteiger partial charge in [0, 0.05) is 23.5 Å². The van der Waals surface area contributed by atoms with Gasteiger partial charge < -0.3 is 14.8 Å². The molecular weight excluding hydrogens is 362 g/mol. The third-order valence-electron chi connectivity index (χ3n) is 5.37. The summed E-state index contributed by atoms with van der Waals surface area (Å²) in [5, 5.41) is 3.59. The maximum absolute atomic E-state index is 5.76. The van der Waals surface area contributed by atoms with Crippen LogP contribution in [0.3, 0.4) is 0 Å². The molecule has 5 heteroatoms. The number of pyridine rings is 1. The van der Waals surface area contributed by atoms with E-state index in [0.717, 1.165) is 45.5 Å². The molecule has 0 atom stereocenters. The highest BCUT2D eigenvalue weighted by atomic mass is 16.6. The van der Waals surface area contributed by atoms with Gasteiger partial charge in [-0.1, -0.05) is 24.3 Å². The van der Waals surface area contributed by atoms with Crippen LogP contribution in [0, 0.1) is 20.8 Å². The first-order valence-electron chi connectivity index (χ1n) is 9.83. The topological polar surface area (TPSA) is 47.8 Å². The summed E-state index contributed by atoms with van der Waals surface area (Å²) in [6.45, 7) is 7.51. The number of hydrogen-bond donors (Lipinski definition) is 1. The van der Waals surface area contributed by atoms with Crippen LogP contribution in [0.25, 0.3) is 16.9 Å². The second-order valence-corrected chi connectivity index (χ2v) is 7.44. The third kappa shape index (κ3) is 2.99. The van der Waals surface area contributed by atoms with Gasteiger partial charge in [0.1, 0.15) is 30.4 Å². The van der Waals surface area contributed by atoms with Crippen molar-refractivity contribution in [2.75, 3.05) is 18.5 Å². The van der Waals surface area contributed by atoms with Crippen molar-refractivity contribution >= 4 is 17.2 Å². The van der Waals surface area contributed by atoms with Crippen molar-refractivity contribution in [3.63, 3.8) is 0 Å². The minimum Gasteiger partial charge on any atom is -0.486 e. The Bertz CT molecular complexity index is 1210. The van der Waals surface area contributed by atoms with Crippen molar-refractivity contribution in [2.24, 2.45) is 0 Å². The van der Waals surface area contributed by atoms with Crippen molar-refractivity contribution in [1.29, 1.82) is 0 Å². The average molecular weight is 385 g/mol. The number of rotatable bonds is 3. The quantitative estimate of drug-likeness (QED) is 0.510. The van der Waals surface area contributed by atoms with Crippen LogP contribution in [0.2, 0.25) is 0 Å². The fourth-order valence-corrected chi connectivity index (χ4v) is 3.94. The molecule has 1 aliphatic heterocycles. The number of imidazole rings is 1. The number of aromatic nitrogens is 2. The number of anilines is 2. The van der Waals surface area contributed by atoms with E-state index < -0.39 is 0 Å². The minimum atomic E-state index is 0.568. The molecule has 5 nitrogen and oxygen atoms in total. The normalized spacial score (nSPS) is 12.9. The standard InChI is InChI=1S/C24H23N3O2/c1-15-6-4-7-16(2)21(15)22-24(27-11-5-8-17(3)23(27)26-22)25-18-9-10-19-20(14-18)29-13-12-28-19/h4-11,14,25H,12-13H2,1-3H3. The molecule has 1 N–H and O–H groups in total. The van der Waals surface area contributed by atoms with Crippen LogP contribution >= 0.6 is 0 Å². The van der Waals surface area contributed by atoms with Gasteiger partial charge >= 0.3 is 0 Å². The Hall–Kier alpha value is -3.47. The molecule has 0 saturated carbocycles. The number of nitrogens with one attached hydrogen (secondary N) is 1. The summed E-state index contributed by atoms with van der Waals surface area (Å²) >= 11 is 0. The Labute approximate surface area is 169 Å². The molecule has 0 bridgehead atoms. The maximum Gasteiger partial charge on any atom is 0.163 e. The van der Waals surface area contributed by atoms with E-state index >= 15 is 0 Å². The molecule has 0 saturated heterocycles. The Morgan fingerprint density at radius 1 is 0.862 bits per heavy atom. The van der Waals surface area contributed by atoms with Crippen LogP contribution in [-0.4, -0.2) is 22.6 Å². The second kappa shape index (κ2) is 6.85. The monoisotopic (exact) mass is 385 g/mol. The van der Waals surface area contributed by atoms with Gasteiger partial charge in [0.15, 0.2) is 11.5 Å². The van der Waals surface area contributed by atoms with E-state index in [1.54, 1.807) is 0 Å². The van der Waals surface area contributed by atoms with E-state index in [-0.39, 0.29) is 0 Å². The summed E-state index contributed by atoms with van der Waals surface area (Å²) in [5.74, 6) is 2.49. The van der Waals surface area contributed by atoms with Gasteiger partial charge in [-0.25, -0.2) is 4.98 Å². The Kier molecular flexibility index (Phi) is 4.16. The number of nitrogens with zero attached hydrogens (tertiary/aromatic N) is 2. The second-order valence-electron chi connectivity index (χ2n) is 7.44. The lowest BCUT2D eigenvalue weighted by molar-refractivity contribution is 0.171. The summed E-state index contributed by atoms with van der Waals surface area (Å²) < 4.78 is 13.5. The van der Waals surface area contributed by atoms with Gasteiger partial charge in [-0.15, -0.1) is 0 Å². The number of benzene rings is 2. The molecule has 0 unspecified atom stereocenters. The van der Waals surface area contributed by atoms with Crippen LogP contribution < -0.4 is 14.8 Å². The smallest absolute Gasteiger partial charge is 0.163 e. The van der Waals surface area contributed by atoms with E-state index in [1.165, 1.54) is 11.1 Å². The fourth-order valence-electron chi connectivity index (χ4n) is 3.94. The van der Waals surface area contributed by atoms with Gasteiger partial charge in [0.05, 0.1) is 0 Å². The van der Waals surface area contributed by atoms with Crippen LogP contribution in [0.15, 0.2) is 54.7 Å². The van der Waals surface area contributed by atoms with Crippen LogP contribution in [0.4, 0.5) is 11.5 Å². The van der Waals surface area contributed by atoms with Crippen molar-refractivity contribution in [3.8, 4) is 22.8 Å². The zero-order valence-electron chi connectivity index (χ0n) is 16.8. The van der Waals surface area contributed by atoms with Gasteiger partial charge in [-0.05, 0) is 55.7 Å². The Morgan fingerprint density at radius 3 is 2.38 bits per heavy atom. The molecule has 0 spiro atoms. The molecule has 146 valence electrons. The molecule has 5 rings (SSSR count). The minimum absolute atomic E-state index is 0.568. The summed E-state index contributed by atoms with van der Waals surface area (Å²) in [4.78, 5) is 5.03. The number of fused-ring (bicyclic) bond motifs is 2. The zero-order valence-corrected chi connectivity index (χ0v) is 16.8. The molecule has 1 aliphatic rings. The third-order valence-corrected chi connectivity index (χ3v) is 5.37. The highest BCUT2D eigenvalue weighted by Crippen LogP contribution is 2.38. The van der Waals surface area contributed by atoms with Crippen LogP contribution in [0.1, 0.15) is 16.7 Å². The predicted molar refractivity (Wildman–Crippen MR) is 116 cm³/mol. The van der Waals surface area contributed by atoms with Crippen molar-refractivity contribution in [2.45, 2.75) is 20.8 Å².